The molecule has 0 amide bonds. The van der Waals surface area contributed by atoms with Gasteiger partial charge in [-0.05, 0) is 40.5 Å². The van der Waals surface area contributed by atoms with E-state index in [9.17, 15) is 0 Å². The number of aliphatic imine (C=N–C) groups is 1. The molecular formula is C16H37N3O3Si. The van der Waals surface area contributed by atoms with E-state index >= 15 is 0 Å². The lowest BCUT2D eigenvalue weighted by molar-refractivity contribution is 0.117. The molecule has 0 saturated heterocycles. The summed E-state index contributed by atoms with van der Waals surface area (Å²) in [5.74, 6) is 1.33. The standard InChI is InChI=1S/C16H37N3O3Si/c1-10-19(16(17-13(2)3)18-14(4)5)11-15(6)12-23(20-7,21-8)22-9/h13-15H,10-12H2,1-9H3,(H,17,18). The highest BCUT2D eigenvalue weighted by Crippen LogP contribution is 2.20. The van der Waals surface area contributed by atoms with E-state index in [0.717, 1.165) is 25.1 Å². The van der Waals surface area contributed by atoms with Gasteiger partial charge >= 0.3 is 8.80 Å². The van der Waals surface area contributed by atoms with E-state index in [4.69, 9.17) is 18.3 Å². The average molecular weight is 348 g/mol. The Labute approximate surface area is 144 Å². The normalized spacial score (nSPS) is 14.5. The van der Waals surface area contributed by atoms with Gasteiger partial charge < -0.3 is 23.5 Å². The molecule has 23 heavy (non-hydrogen) atoms. The molecule has 0 aliphatic heterocycles. The molecule has 1 N–H and O–H groups in total. The van der Waals surface area contributed by atoms with Crippen LogP contribution < -0.4 is 5.32 Å². The Kier molecular flexibility index (Phi) is 10.7. The lowest BCUT2D eigenvalue weighted by Gasteiger charge is -2.32. The molecule has 1 unspecified atom stereocenters. The van der Waals surface area contributed by atoms with Crippen LogP contribution in [0.15, 0.2) is 4.99 Å². The third-order valence-corrected chi connectivity index (χ3v) is 6.61. The zero-order chi connectivity index (χ0) is 18.0. The van der Waals surface area contributed by atoms with Crippen molar-refractivity contribution >= 4 is 14.8 Å². The molecule has 0 bridgehead atoms. The van der Waals surface area contributed by atoms with E-state index in [1.165, 1.54) is 0 Å². The molecule has 1 atom stereocenters. The second kappa shape index (κ2) is 11.0. The number of hydrogen-bond acceptors (Lipinski definition) is 4. The highest BCUT2D eigenvalue weighted by Gasteiger charge is 2.39. The predicted octanol–water partition coefficient (Wildman–Crippen LogP) is 2.58. The molecule has 0 aromatic rings. The van der Waals surface area contributed by atoms with Crippen LogP contribution in [0.25, 0.3) is 0 Å². The van der Waals surface area contributed by atoms with Gasteiger partial charge in [-0.15, -0.1) is 0 Å². The first kappa shape index (κ1) is 22.4. The molecule has 0 rings (SSSR count). The van der Waals surface area contributed by atoms with Gasteiger partial charge in [-0.2, -0.15) is 0 Å². The van der Waals surface area contributed by atoms with Gasteiger partial charge in [-0.1, -0.05) is 6.92 Å². The van der Waals surface area contributed by atoms with Crippen LogP contribution >= 0.6 is 0 Å². The Balaban J connectivity index is 5.01. The van der Waals surface area contributed by atoms with Gasteiger partial charge in [0.05, 0.1) is 0 Å². The molecule has 0 saturated carbocycles. The van der Waals surface area contributed by atoms with E-state index in [2.05, 4.69) is 51.8 Å². The van der Waals surface area contributed by atoms with Crippen LogP contribution in [0.3, 0.4) is 0 Å². The Bertz CT molecular complexity index is 339. The number of rotatable bonds is 10. The second-order valence-corrected chi connectivity index (χ2v) is 9.49. The van der Waals surface area contributed by atoms with Crippen LogP contribution in [-0.2, 0) is 13.3 Å². The van der Waals surface area contributed by atoms with Gasteiger partial charge in [0, 0.05) is 52.5 Å². The summed E-state index contributed by atoms with van der Waals surface area (Å²) in [4.78, 5) is 7.03. The minimum Gasteiger partial charge on any atom is -0.377 e. The highest BCUT2D eigenvalue weighted by molar-refractivity contribution is 6.60. The van der Waals surface area contributed by atoms with E-state index in [1.807, 2.05) is 0 Å². The summed E-state index contributed by atoms with van der Waals surface area (Å²) in [6.07, 6.45) is 0. The average Bonchev–Trinajstić information content (AvgIpc) is 2.49. The lowest BCUT2D eigenvalue weighted by atomic mass is 10.2. The van der Waals surface area contributed by atoms with Crippen molar-refractivity contribution in [1.82, 2.24) is 10.2 Å². The van der Waals surface area contributed by atoms with E-state index in [0.29, 0.717) is 12.0 Å². The summed E-state index contributed by atoms with van der Waals surface area (Å²) in [6.45, 7) is 14.6. The summed E-state index contributed by atoms with van der Waals surface area (Å²) in [5.41, 5.74) is 0. The summed E-state index contributed by atoms with van der Waals surface area (Å²) < 4.78 is 16.6. The van der Waals surface area contributed by atoms with Crippen LogP contribution in [0, 0.1) is 5.92 Å². The predicted molar refractivity (Wildman–Crippen MR) is 98.8 cm³/mol. The molecule has 0 radical (unpaired) electrons. The van der Waals surface area contributed by atoms with Crippen LogP contribution in [0.4, 0.5) is 0 Å². The van der Waals surface area contributed by atoms with Crippen LogP contribution in [0.2, 0.25) is 6.04 Å². The Hall–Kier alpha value is -0.633. The van der Waals surface area contributed by atoms with E-state index in [-0.39, 0.29) is 6.04 Å². The maximum Gasteiger partial charge on any atom is 0.500 e. The summed E-state index contributed by atoms with van der Waals surface area (Å²) in [5, 5.41) is 3.47. The Morgan fingerprint density at radius 3 is 1.91 bits per heavy atom. The van der Waals surface area contributed by atoms with Crippen molar-refractivity contribution in [2.75, 3.05) is 34.4 Å². The van der Waals surface area contributed by atoms with Crippen molar-refractivity contribution in [3.8, 4) is 0 Å². The molecule has 138 valence electrons. The fourth-order valence-electron chi connectivity index (χ4n) is 2.45. The third-order valence-electron chi connectivity index (χ3n) is 3.54. The zero-order valence-electron chi connectivity index (χ0n) is 16.5. The van der Waals surface area contributed by atoms with Crippen molar-refractivity contribution in [2.45, 2.75) is 59.7 Å². The molecule has 0 aromatic carbocycles. The van der Waals surface area contributed by atoms with Crippen molar-refractivity contribution in [1.29, 1.82) is 0 Å². The Morgan fingerprint density at radius 2 is 1.57 bits per heavy atom. The first-order chi connectivity index (χ1) is 10.7. The summed E-state index contributed by atoms with van der Waals surface area (Å²) >= 11 is 0. The quantitative estimate of drug-likeness (QED) is 0.374. The number of hydrogen-bond donors (Lipinski definition) is 1. The summed E-state index contributed by atoms with van der Waals surface area (Å²) in [7, 11) is 2.44. The lowest BCUT2D eigenvalue weighted by Crippen LogP contribution is -2.49. The molecule has 0 spiro atoms. The van der Waals surface area contributed by atoms with Crippen molar-refractivity contribution in [3.05, 3.63) is 0 Å². The monoisotopic (exact) mass is 347 g/mol. The van der Waals surface area contributed by atoms with Crippen molar-refractivity contribution in [2.24, 2.45) is 10.9 Å². The van der Waals surface area contributed by atoms with E-state index < -0.39 is 8.80 Å². The van der Waals surface area contributed by atoms with Crippen LogP contribution in [0.1, 0.15) is 41.5 Å². The minimum atomic E-state index is -2.55. The minimum absolute atomic E-state index is 0.256. The number of nitrogens with zero attached hydrogens (tertiary/aromatic N) is 2. The number of nitrogens with one attached hydrogen (secondary N) is 1. The molecule has 0 aliphatic rings. The number of guanidine groups is 1. The second-order valence-electron chi connectivity index (χ2n) is 6.49. The molecule has 0 aliphatic carbocycles. The molecule has 7 heteroatoms. The zero-order valence-corrected chi connectivity index (χ0v) is 17.5. The van der Waals surface area contributed by atoms with Gasteiger partial charge in [-0.25, -0.2) is 0 Å². The van der Waals surface area contributed by atoms with Gasteiger partial charge in [0.25, 0.3) is 0 Å². The maximum atomic E-state index is 5.54. The molecule has 0 aromatic heterocycles. The molecule has 0 heterocycles. The Morgan fingerprint density at radius 1 is 1.04 bits per heavy atom. The third kappa shape index (κ3) is 8.15. The maximum absolute atomic E-state index is 5.54. The van der Waals surface area contributed by atoms with Gasteiger partial charge in [0.2, 0.25) is 0 Å². The summed E-state index contributed by atoms with van der Waals surface area (Å²) in [6, 6.07) is 1.39. The van der Waals surface area contributed by atoms with Gasteiger partial charge in [0.15, 0.2) is 5.96 Å². The smallest absolute Gasteiger partial charge is 0.377 e. The highest BCUT2D eigenvalue weighted by atomic mass is 28.4. The first-order valence-electron chi connectivity index (χ1n) is 8.48. The molecule has 6 nitrogen and oxygen atoms in total. The van der Waals surface area contributed by atoms with Crippen LogP contribution in [0.5, 0.6) is 0 Å². The van der Waals surface area contributed by atoms with E-state index in [1.54, 1.807) is 21.3 Å². The van der Waals surface area contributed by atoms with Gasteiger partial charge in [-0.3, -0.25) is 4.99 Å². The van der Waals surface area contributed by atoms with Gasteiger partial charge in [0.1, 0.15) is 0 Å². The fourth-order valence-corrected chi connectivity index (χ4v) is 4.43. The fraction of sp³-hybridized carbons (Fsp3) is 0.938. The topological polar surface area (TPSA) is 55.3 Å². The molecular weight excluding hydrogens is 310 g/mol. The SMILES string of the molecule is CCN(CC(C)C[Si](OC)(OC)OC)C(=NC(C)C)NC(C)C. The van der Waals surface area contributed by atoms with Crippen molar-refractivity contribution in [3.63, 3.8) is 0 Å². The molecule has 0 fully saturated rings. The van der Waals surface area contributed by atoms with Crippen molar-refractivity contribution < 1.29 is 13.3 Å². The van der Waals surface area contributed by atoms with Crippen LogP contribution in [-0.4, -0.2) is 66.2 Å². The largest absolute Gasteiger partial charge is 0.500 e. The first-order valence-corrected chi connectivity index (χ1v) is 10.4.